The van der Waals surface area contributed by atoms with E-state index in [-0.39, 0.29) is 12.4 Å². The van der Waals surface area contributed by atoms with Crippen molar-refractivity contribution in [3.05, 3.63) is 47.0 Å². The number of rotatable bonds is 4. The fourth-order valence-corrected chi connectivity index (χ4v) is 2.50. The van der Waals surface area contributed by atoms with E-state index in [0.717, 1.165) is 36.9 Å². The zero-order valence-corrected chi connectivity index (χ0v) is 11.6. The lowest BCUT2D eigenvalue weighted by molar-refractivity contribution is 0.258. The number of ether oxygens (including phenoxy) is 1. The molecule has 110 valence electrons. The SMILES string of the molecule is NC(=NO)c1cc2c(nc1OCc1ccco1)CCCC2. The smallest absolute Gasteiger partial charge is 0.225 e. The summed E-state index contributed by atoms with van der Waals surface area (Å²) < 4.78 is 10.9. The molecular formula is C15H17N3O3. The third-order valence-corrected chi connectivity index (χ3v) is 3.58. The number of furan rings is 1. The van der Waals surface area contributed by atoms with Crippen molar-refractivity contribution in [2.75, 3.05) is 0 Å². The van der Waals surface area contributed by atoms with Crippen LogP contribution in [0, 0.1) is 0 Å². The van der Waals surface area contributed by atoms with Crippen LogP contribution >= 0.6 is 0 Å². The van der Waals surface area contributed by atoms with Gasteiger partial charge in [-0.1, -0.05) is 5.16 Å². The van der Waals surface area contributed by atoms with E-state index < -0.39 is 0 Å². The number of hydrogen-bond donors (Lipinski definition) is 2. The van der Waals surface area contributed by atoms with Crippen LogP contribution in [-0.4, -0.2) is 16.0 Å². The van der Waals surface area contributed by atoms with Gasteiger partial charge >= 0.3 is 0 Å². The summed E-state index contributed by atoms with van der Waals surface area (Å²) in [6.07, 6.45) is 5.75. The molecule has 2 aromatic heterocycles. The van der Waals surface area contributed by atoms with Crippen LogP contribution < -0.4 is 10.5 Å². The van der Waals surface area contributed by atoms with Crippen molar-refractivity contribution in [3.8, 4) is 5.88 Å². The van der Waals surface area contributed by atoms with E-state index in [2.05, 4.69) is 10.1 Å². The molecule has 2 heterocycles. The zero-order valence-electron chi connectivity index (χ0n) is 11.6. The lowest BCUT2D eigenvalue weighted by atomic mass is 9.95. The molecule has 6 heteroatoms. The Labute approximate surface area is 122 Å². The predicted octanol–water partition coefficient (Wildman–Crippen LogP) is 2.23. The largest absolute Gasteiger partial charge is 0.469 e. The molecule has 0 atom stereocenters. The van der Waals surface area contributed by atoms with Gasteiger partial charge in [0.15, 0.2) is 5.84 Å². The fourth-order valence-electron chi connectivity index (χ4n) is 2.50. The summed E-state index contributed by atoms with van der Waals surface area (Å²) in [5.41, 5.74) is 8.43. The first-order valence-corrected chi connectivity index (χ1v) is 6.94. The number of nitrogens with zero attached hydrogens (tertiary/aromatic N) is 2. The van der Waals surface area contributed by atoms with Crippen LogP contribution in [-0.2, 0) is 19.4 Å². The summed E-state index contributed by atoms with van der Waals surface area (Å²) in [5, 5.41) is 12.0. The molecular weight excluding hydrogens is 270 g/mol. The summed E-state index contributed by atoms with van der Waals surface area (Å²) in [5.74, 6) is 1.08. The molecule has 3 N–H and O–H groups in total. The molecule has 0 fully saturated rings. The lowest BCUT2D eigenvalue weighted by Gasteiger charge is -2.18. The second-order valence-corrected chi connectivity index (χ2v) is 5.01. The van der Waals surface area contributed by atoms with Crippen LogP contribution in [0.1, 0.15) is 35.4 Å². The van der Waals surface area contributed by atoms with E-state index in [9.17, 15) is 0 Å². The van der Waals surface area contributed by atoms with Gasteiger partial charge in [0.1, 0.15) is 12.4 Å². The van der Waals surface area contributed by atoms with Crippen molar-refractivity contribution in [3.63, 3.8) is 0 Å². The highest BCUT2D eigenvalue weighted by atomic mass is 16.5. The Kier molecular flexibility index (Phi) is 3.77. The molecule has 0 saturated heterocycles. The first-order chi connectivity index (χ1) is 10.3. The van der Waals surface area contributed by atoms with Crippen LogP contribution in [0.25, 0.3) is 0 Å². The lowest BCUT2D eigenvalue weighted by Crippen LogP contribution is -2.18. The van der Waals surface area contributed by atoms with Gasteiger partial charge in [0, 0.05) is 5.69 Å². The monoisotopic (exact) mass is 287 g/mol. The Morgan fingerprint density at radius 2 is 2.29 bits per heavy atom. The highest BCUT2D eigenvalue weighted by Crippen LogP contribution is 2.26. The maximum absolute atomic E-state index is 8.93. The number of oxime groups is 1. The van der Waals surface area contributed by atoms with Gasteiger partial charge in [-0.2, -0.15) is 0 Å². The summed E-state index contributed by atoms with van der Waals surface area (Å²) in [4.78, 5) is 4.55. The summed E-state index contributed by atoms with van der Waals surface area (Å²) in [7, 11) is 0. The van der Waals surface area contributed by atoms with Crippen molar-refractivity contribution in [2.24, 2.45) is 10.9 Å². The van der Waals surface area contributed by atoms with Crippen LogP contribution in [0.4, 0.5) is 0 Å². The Bertz CT molecular complexity index is 650. The zero-order chi connectivity index (χ0) is 14.7. The van der Waals surface area contributed by atoms with Gasteiger partial charge in [-0.25, -0.2) is 4.98 Å². The molecule has 0 spiro atoms. The normalized spacial score (nSPS) is 14.8. The summed E-state index contributed by atoms with van der Waals surface area (Å²) >= 11 is 0. The Balaban J connectivity index is 1.92. The minimum atomic E-state index is 0.00492. The van der Waals surface area contributed by atoms with E-state index in [4.69, 9.17) is 20.1 Å². The average molecular weight is 287 g/mol. The van der Waals surface area contributed by atoms with Crippen molar-refractivity contribution in [1.82, 2.24) is 4.98 Å². The summed E-state index contributed by atoms with van der Waals surface area (Å²) in [6, 6.07) is 5.53. The molecule has 0 bridgehead atoms. The molecule has 21 heavy (non-hydrogen) atoms. The molecule has 1 aliphatic rings. The molecule has 0 unspecified atom stereocenters. The third-order valence-electron chi connectivity index (χ3n) is 3.58. The van der Waals surface area contributed by atoms with E-state index >= 15 is 0 Å². The third kappa shape index (κ3) is 2.84. The van der Waals surface area contributed by atoms with Crippen molar-refractivity contribution >= 4 is 5.84 Å². The van der Waals surface area contributed by atoms with Gasteiger partial charge in [0.2, 0.25) is 5.88 Å². The van der Waals surface area contributed by atoms with E-state index in [0.29, 0.717) is 17.2 Å². The van der Waals surface area contributed by atoms with Crippen LogP contribution in [0.15, 0.2) is 34.0 Å². The van der Waals surface area contributed by atoms with Crippen LogP contribution in [0.5, 0.6) is 5.88 Å². The minimum absolute atomic E-state index is 0.00492. The van der Waals surface area contributed by atoms with Crippen molar-refractivity contribution in [2.45, 2.75) is 32.3 Å². The molecule has 1 aliphatic carbocycles. The summed E-state index contributed by atoms with van der Waals surface area (Å²) in [6.45, 7) is 0.254. The second-order valence-electron chi connectivity index (χ2n) is 5.01. The molecule has 0 amide bonds. The number of fused-ring (bicyclic) bond motifs is 1. The maximum atomic E-state index is 8.93. The fraction of sp³-hybridized carbons (Fsp3) is 0.333. The Morgan fingerprint density at radius 1 is 1.43 bits per heavy atom. The maximum Gasteiger partial charge on any atom is 0.225 e. The van der Waals surface area contributed by atoms with Gasteiger partial charge < -0.3 is 20.1 Å². The van der Waals surface area contributed by atoms with E-state index in [1.165, 1.54) is 0 Å². The molecule has 6 nitrogen and oxygen atoms in total. The van der Waals surface area contributed by atoms with Gasteiger partial charge in [0.05, 0.1) is 11.8 Å². The number of pyridine rings is 1. The quantitative estimate of drug-likeness (QED) is 0.389. The van der Waals surface area contributed by atoms with Gasteiger partial charge in [-0.05, 0) is 49.4 Å². The number of aryl methyl sites for hydroxylation is 2. The van der Waals surface area contributed by atoms with Crippen molar-refractivity contribution in [1.29, 1.82) is 0 Å². The van der Waals surface area contributed by atoms with Gasteiger partial charge in [0.25, 0.3) is 0 Å². The first kappa shape index (κ1) is 13.5. The molecule has 0 aromatic carbocycles. The molecule has 2 aromatic rings. The van der Waals surface area contributed by atoms with E-state index in [1.54, 1.807) is 12.3 Å². The topological polar surface area (TPSA) is 93.9 Å². The molecule has 0 aliphatic heterocycles. The van der Waals surface area contributed by atoms with Gasteiger partial charge in [-0.15, -0.1) is 0 Å². The number of nitrogens with two attached hydrogens (primary N) is 1. The Morgan fingerprint density at radius 3 is 3.05 bits per heavy atom. The standard InChI is InChI=1S/C15H17N3O3/c16-14(18-19)12-8-10-4-1-2-6-13(10)17-15(12)21-9-11-5-3-7-20-11/h3,5,7-8,19H,1-2,4,6,9H2,(H2,16,18). The van der Waals surface area contributed by atoms with Gasteiger partial charge in [-0.3, -0.25) is 0 Å². The number of amidine groups is 1. The molecule has 3 rings (SSSR count). The minimum Gasteiger partial charge on any atom is -0.469 e. The van der Waals surface area contributed by atoms with Crippen LogP contribution in [0.2, 0.25) is 0 Å². The van der Waals surface area contributed by atoms with Crippen LogP contribution in [0.3, 0.4) is 0 Å². The number of aromatic nitrogens is 1. The molecule has 0 saturated carbocycles. The second kappa shape index (κ2) is 5.87. The first-order valence-electron chi connectivity index (χ1n) is 6.94. The highest BCUT2D eigenvalue weighted by molar-refractivity contribution is 5.99. The van der Waals surface area contributed by atoms with E-state index in [1.807, 2.05) is 12.1 Å². The average Bonchev–Trinajstić information content (AvgIpc) is 3.04. The predicted molar refractivity (Wildman–Crippen MR) is 76.4 cm³/mol. The van der Waals surface area contributed by atoms with Crippen molar-refractivity contribution < 1.29 is 14.4 Å². The Hall–Kier alpha value is -2.50. The molecule has 0 radical (unpaired) electrons. The number of hydrogen-bond acceptors (Lipinski definition) is 5. The highest BCUT2D eigenvalue weighted by Gasteiger charge is 2.18.